The van der Waals surface area contributed by atoms with Gasteiger partial charge in [0.1, 0.15) is 16.9 Å². The third-order valence-electron chi connectivity index (χ3n) is 11.8. The normalized spacial score (nSPS) is 22.2. The average Bonchev–Trinajstić information content (AvgIpc) is 3.44. The Morgan fingerprint density at radius 3 is 2.63 bits per heavy atom. The van der Waals surface area contributed by atoms with Gasteiger partial charge in [-0.25, -0.2) is 9.59 Å². The number of aliphatic hydroxyl groups is 1. The highest BCUT2D eigenvalue weighted by Gasteiger charge is 2.55. The van der Waals surface area contributed by atoms with Gasteiger partial charge in [0, 0.05) is 79.5 Å². The highest BCUT2D eigenvalue weighted by Crippen LogP contribution is 2.49. The van der Waals surface area contributed by atoms with Gasteiger partial charge < -0.3 is 40.3 Å². The summed E-state index contributed by atoms with van der Waals surface area (Å²) in [6.45, 7) is 10.0. The standard InChI is InChI=1S/C40H54N4O7/c1-6-25(2)36(47)51-38(3,4)40(19-28-16-34(41)43-22-30(28)17-35(46)44-23-26(24-44)21-42-5)20-29-14-27-15-31(37(48)49-32(27)18-33(29)50-40)39(12-13-45)10-8-7-9-11-39/h6,14-16,18,26,42-43,45H,7-13,17,19-24,41H2,1-5H3/b25-6+/t40-/m0/s1. The lowest BCUT2D eigenvalue weighted by Gasteiger charge is -2.43. The number of aliphatic hydroxyl groups excluding tert-OH is 1. The zero-order chi connectivity index (χ0) is 36.6. The van der Waals surface area contributed by atoms with Gasteiger partial charge >= 0.3 is 11.6 Å². The largest absolute Gasteiger partial charge is 0.482 e. The minimum atomic E-state index is -1.15. The fourth-order valence-corrected chi connectivity index (χ4v) is 8.43. The first-order chi connectivity index (χ1) is 24.3. The number of rotatable bonds is 12. The Kier molecular flexibility index (Phi) is 10.4. The summed E-state index contributed by atoms with van der Waals surface area (Å²) < 4.78 is 19.2. The van der Waals surface area contributed by atoms with E-state index in [1.807, 2.05) is 44.0 Å². The van der Waals surface area contributed by atoms with Gasteiger partial charge in [-0.05, 0) is 88.9 Å². The average molecular weight is 703 g/mol. The van der Waals surface area contributed by atoms with E-state index in [0.717, 1.165) is 73.8 Å². The second kappa shape index (κ2) is 14.5. The Bertz CT molecular complexity index is 1820. The van der Waals surface area contributed by atoms with E-state index >= 15 is 0 Å². The minimum Gasteiger partial charge on any atom is -0.482 e. The molecule has 5 N–H and O–H groups in total. The first kappa shape index (κ1) is 36.7. The Morgan fingerprint density at radius 2 is 1.94 bits per heavy atom. The van der Waals surface area contributed by atoms with Crippen LogP contribution in [-0.4, -0.2) is 72.9 Å². The maximum absolute atomic E-state index is 13.5. The third-order valence-corrected chi connectivity index (χ3v) is 11.8. The summed E-state index contributed by atoms with van der Waals surface area (Å²) in [6, 6.07) is 5.73. The minimum absolute atomic E-state index is 0.00528. The van der Waals surface area contributed by atoms with Crippen molar-refractivity contribution in [2.45, 2.75) is 102 Å². The second-order valence-electron chi connectivity index (χ2n) is 15.6. The Morgan fingerprint density at radius 1 is 1.20 bits per heavy atom. The van der Waals surface area contributed by atoms with Crippen LogP contribution in [0.2, 0.25) is 0 Å². The number of carbonyl (C=O) groups is 2. The number of nitrogens with zero attached hydrogens (tertiary/aromatic N) is 1. The van der Waals surface area contributed by atoms with Crippen molar-refractivity contribution >= 4 is 22.8 Å². The lowest BCUT2D eigenvalue weighted by atomic mass is 9.68. The molecule has 0 unspecified atom stereocenters. The van der Waals surface area contributed by atoms with E-state index in [4.69, 9.17) is 19.6 Å². The summed E-state index contributed by atoms with van der Waals surface area (Å²) >= 11 is 0. The highest BCUT2D eigenvalue weighted by atomic mass is 16.6. The Labute approximate surface area is 300 Å². The highest BCUT2D eigenvalue weighted by molar-refractivity contribution is 5.88. The van der Waals surface area contributed by atoms with Gasteiger partial charge in [0.05, 0.1) is 12.2 Å². The summed E-state index contributed by atoms with van der Waals surface area (Å²) in [5.41, 5.74) is 7.50. The van der Waals surface area contributed by atoms with Crippen molar-refractivity contribution in [1.82, 2.24) is 15.5 Å². The van der Waals surface area contributed by atoms with Crippen molar-refractivity contribution < 1.29 is 28.6 Å². The van der Waals surface area contributed by atoms with Crippen molar-refractivity contribution in [3.8, 4) is 5.75 Å². The van der Waals surface area contributed by atoms with E-state index in [-0.39, 0.29) is 24.6 Å². The van der Waals surface area contributed by atoms with Crippen LogP contribution >= 0.6 is 0 Å². The number of ether oxygens (including phenoxy) is 2. The molecule has 1 aliphatic carbocycles. The maximum atomic E-state index is 13.5. The summed E-state index contributed by atoms with van der Waals surface area (Å²) in [6.07, 6.45) is 9.86. The number of benzene rings is 1. The van der Waals surface area contributed by atoms with E-state index in [9.17, 15) is 19.5 Å². The van der Waals surface area contributed by atoms with E-state index < -0.39 is 22.6 Å². The van der Waals surface area contributed by atoms with Crippen molar-refractivity contribution in [2.75, 3.05) is 39.8 Å². The number of nitrogens with two attached hydrogens (primary N) is 1. The molecule has 4 heterocycles. The van der Waals surface area contributed by atoms with Gasteiger partial charge in [0.15, 0.2) is 5.60 Å². The molecule has 3 aliphatic heterocycles. The number of nitrogens with one attached hydrogen (secondary N) is 2. The molecule has 1 saturated carbocycles. The second-order valence-corrected chi connectivity index (χ2v) is 15.6. The quantitative estimate of drug-likeness (QED) is 0.141. The van der Waals surface area contributed by atoms with Crippen molar-refractivity contribution in [3.63, 3.8) is 0 Å². The predicted molar refractivity (Wildman–Crippen MR) is 196 cm³/mol. The lowest BCUT2D eigenvalue weighted by molar-refractivity contribution is -0.174. The lowest BCUT2D eigenvalue weighted by Crippen LogP contribution is -2.57. The molecule has 0 bridgehead atoms. The molecule has 1 atom stereocenters. The molecule has 0 spiro atoms. The molecule has 11 heteroatoms. The Balaban J connectivity index is 1.38. The zero-order valence-corrected chi connectivity index (χ0v) is 30.8. The van der Waals surface area contributed by atoms with Crippen LogP contribution in [0.15, 0.2) is 62.1 Å². The third kappa shape index (κ3) is 7.20. The number of esters is 1. The molecule has 2 aromatic rings. The van der Waals surface area contributed by atoms with Gasteiger partial charge in [0.2, 0.25) is 5.91 Å². The van der Waals surface area contributed by atoms with Crippen LogP contribution in [0, 0.1) is 5.92 Å². The number of amides is 1. The Hall–Kier alpha value is -4.09. The van der Waals surface area contributed by atoms with Crippen molar-refractivity contribution in [1.29, 1.82) is 0 Å². The summed E-state index contributed by atoms with van der Waals surface area (Å²) in [5, 5.41) is 17.2. The van der Waals surface area contributed by atoms with Gasteiger partial charge in [-0.3, -0.25) is 4.79 Å². The van der Waals surface area contributed by atoms with E-state index in [0.29, 0.717) is 60.0 Å². The molecule has 11 nitrogen and oxygen atoms in total. The van der Waals surface area contributed by atoms with Crippen LogP contribution in [0.3, 0.4) is 0 Å². The van der Waals surface area contributed by atoms with E-state index in [2.05, 4.69) is 10.6 Å². The number of likely N-dealkylation sites (tertiary alicyclic amines) is 1. The molecule has 2 fully saturated rings. The molecular weight excluding hydrogens is 648 g/mol. The number of hydrogen-bond donors (Lipinski definition) is 4. The molecule has 1 saturated heterocycles. The van der Waals surface area contributed by atoms with Gasteiger partial charge in [-0.1, -0.05) is 25.3 Å². The monoisotopic (exact) mass is 702 g/mol. The summed E-state index contributed by atoms with van der Waals surface area (Å²) in [4.78, 5) is 42.1. The van der Waals surface area contributed by atoms with Gasteiger partial charge in [-0.2, -0.15) is 0 Å². The van der Waals surface area contributed by atoms with Crippen LogP contribution in [0.1, 0.15) is 90.2 Å². The predicted octanol–water partition coefficient (Wildman–Crippen LogP) is 4.50. The maximum Gasteiger partial charge on any atom is 0.340 e. The molecule has 51 heavy (non-hydrogen) atoms. The molecule has 276 valence electrons. The fraction of sp³-hybridized carbons (Fsp3) is 0.575. The fourth-order valence-electron chi connectivity index (χ4n) is 8.43. The zero-order valence-electron chi connectivity index (χ0n) is 30.8. The van der Waals surface area contributed by atoms with Crippen LogP contribution in [-0.2, 0) is 26.2 Å². The van der Waals surface area contributed by atoms with Crippen LogP contribution < -0.4 is 26.7 Å². The van der Waals surface area contributed by atoms with E-state index in [1.54, 1.807) is 26.0 Å². The number of dihydropyridines is 1. The molecule has 1 aromatic heterocycles. The summed E-state index contributed by atoms with van der Waals surface area (Å²) in [7, 11) is 1.92. The number of carbonyl (C=O) groups excluding carboxylic acids is 2. The van der Waals surface area contributed by atoms with E-state index in [1.165, 1.54) is 0 Å². The van der Waals surface area contributed by atoms with Gasteiger partial charge in [0.25, 0.3) is 0 Å². The van der Waals surface area contributed by atoms with Crippen LogP contribution in [0.5, 0.6) is 5.75 Å². The summed E-state index contributed by atoms with van der Waals surface area (Å²) in [5.74, 6) is 1.12. The molecule has 1 amide bonds. The number of allylic oxidation sites excluding steroid dienone is 2. The molecule has 4 aliphatic rings. The van der Waals surface area contributed by atoms with Crippen molar-refractivity contribution in [3.05, 3.63) is 74.4 Å². The topological polar surface area (TPSA) is 156 Å². The molecule has 0 radical (unpaired) electrons. The number of hydrogen-bond acceptors (Lipinski definition) is 10. The van der Waals surface area contributed by atoms with Gasteiger partial charge in [-0.15, -0.1) is 0 Å². The first-order valence-electron chi connectivity index (χ1n) is 18.4. The number of fused-ring (bicyclic) bond motifs is 2. The first-order valence-corrected chi connectivity index (χ1v) is 18.4. The smallest absolute Gasteiger partial charge is 0.340 e. The van der Waals surface area contributed by atoms with Crippen molar-refractivity contribution in [2.24, 2.45) is 11.7 Å². The SMILES string of the molecule is C/C=C(\C)C(=O)OC(C)(C)[C@]1(CC2=C(CC(=O)N3CC(CNC)C3)CNC(N)=C2)Cc2cc3cc(C4(CCO)CCCCC4)c(=O)oc3cc2O1. The molecule has 1 aromatic carbocycles. The molecular formula is C40H54N4O7. The van der Waals surface area contributed by atoms with Crippen LogP contribution in [0.4, 0.5) is 0 Å². The molecule has 6 rings (SSSR count). The van der Waals surface area contributed by atoms with Crippen LogP contribution in [0.25, 0.3) is 11.0 Å².